The predicted octanol–water partition coefficient (Wildman–Crippen LogP) is 0.336. The van der Waals surface area contributed by atoms with Crippen molar-refractivity contribution in [3.63, 3.8) is 0 Å². The van der Waals surface area contributed by atoms with Crippen LogP contribution in [0.25, 0.3) is 0 Å². The van der Waals surface area contributed by atoms with Crippen LogP contribution in [0.4, 0.5) is 0 Å². The Morgan fingerprint density at radius 1 is 1.38 bits per heavy atom. The third kappa shape index (κ3) is 10.9. The van der Waals surface area contributed by atoms with Crippen LogP contribution < -0.4 is 0 Å². The Morgan fingerprint density at radius 2 is 1.77 bits per heavy atom. The molecule has 74 valence electrons. The van der Waals surface area contributed by atoms with Gasteiger partial charge in [-0.1, -0.05) is 0 Å². The number of hydrogen-bond acceptors (Lipinski definition) is 3. The molecule has 0 saturated carbocycles. The molecule has 1 fully saturated rings. The number of ether oxygens (including phenoxy) is 1. The highest BCUT2D eigenvalue weighted by atomic mass is 35.5. The van der Waals surface area contributed by atoms with Crippen LogP contribution in [0, 0.1) is 0 Å². The quantitative estimate of drug-likeness (QED) is 0.397. The number of carboxylic acids is 2. The normalized spacial score (nSPS) is 19.0. The van der Waals surface area contributed by atoms with Gasteiger partial charge in [0.05, 0.1) is 18.6 Å². The van der Waals surface area contributed by atoms with Gasteiger partial charge in [0.15, 0.2) is 0 Å². The fourth-order valence-corrected chi connectivity index (χ4v) is 0.478. The second-order valence-corrected chi connectivity index (χ2v) is 2.43. The van der Waals surface area contributed by atoms with Gasteiger partial charge in [0.1, 0.15) is 0 Å². The van der Waals surface area contributed by atoms with E-state index in [2.05, 4.69) is 0 Å². The number of rotatable bonds is 3. The van der Waals surface area contributed by atoms with Crippen molar-refractivity contribution in [3.05, 3.63) is 12.2 Å². The third-order valence-electron chi connectivity index (χ3n) is 0.943. The molecule has 1 aliphatic rings. The second-order valence-electron chi connectivity index (χ2n) is 2.12. The van der Waals surface area contributed by atoms with Crippen LogP contribution >= 0.6 is 11.6 Å². The van der Waals surface area contributed by atoms with Crippen molar-refractivity contribution in [2.75, 3.05) is 12.5 Å². The zero-order valence-electron chi connectivity index (χ0n) is 6.64. The third-order valence-corrected chi connectivity index (χ3v) is 1.29. The minimum absolute atomic E-state index is 0.400. The molecule has 0 aromatic rings. The molecule has 5 nitrogen and oxygen atoms in total. The molecule has 2 N–H and O–H groups in total. The molecule has 0 amide bonds. The molecule has 1 atom stereocenters. The maximum absolute atomic E-state index is 9.55. The lowest BCUT2D eigenvalue weighted by molar-refractivity contribution is -0.134. The Labute approximate surface area is 79.6 Å². The van der Waals surface area contributed by atoms with Gasteiger partial charge in [-0.2, -0.15) is 0 Å². The molecule has 0 bridgehead atoms. The largest absolute Gasteiger partial charge is 0.478 e. The number of carbonyl (C=O) groups is 2. The molecular formula is C7H9ClO5. The number of alkyl halides is 1. The van der Waals surface area contributed by atoms with Crippen molar-refractivity contribution in [1.29, 1.82) is 0 Å². The Bertz CT molecular complexity index is 193. The Morgan fingerprint density at radius 3 is 1.85 bits per heavy atom. The van der Waals surface area contributed by atoms with E-state index in [1.807, 2.05) is 0 Å². The minimum Gasteiger partial charge on any atom is -0.478 e. The number of carboxylic acid groups (broad SMARTS) is 2. The second kappa shape index (κ2) is 6.45. The van der Waals surface area contributed by atoms with Crippen LogP contribution in [0.2, 0.25) is 0 Å². The van der Waals surface area contributed by atoms with Crippen molar-refractivity contribution < 1.29 is 24.5 Å². The number of aliphatic carboxylic acids is 2. The van der Waals surface area contributed by atoms with E-state index < -0.39 is 11.9 Å². The van der Waals surface area contributed by atoms with Crippen molar-refractivity contribution in [1.82, 2.24) is 0 Å². The molecule has 0 aliphatic carbocycles. The van der Waals surface area contributed by atoms with E-state index in [4.69, 9.17) is 26.6 Å². The number of hydrogen-bond donors (Lipinski definition) is 2. The fourth-order valence-electron chi connectivity index (χ4n) is 0.300. The van der Waals surface area contributed by atoms with E-state index in [0.717, 1.165) is 6.61 Å². The summed E-state index contributed by atoms with van der Waals surface area (Å²) in [7, 11) is 0. The first-order valence-electron chi connectivity index (χ1n) is 3.37. The van der Waals surface area contributed by atoms with Crippen LogP contribution in [0.5, 0.6) is 0 Å². The molecule has 0 spiro atoms. The molecule has 1 saturated heterocycles. The molecule has 1 aliphatic heterocycles. The first kappa shape index (κ1) is 11.9. The molecule has 0 radical (unpaired) electrons. The van der Waals surface area contributed by atoms with E-state index >= 15 is 0 Å². The highest BCUT2D eigenvalue weighted by Gasteiger charge is 2.19. The van der Waals surface area contributed by atoms with Gasteiger partial charge in [0.25, 0.3) is 0 Å². The molecule has 0 aromatic carbocycles. The van der Waals surface area contributed by atoms with E-state index in [-0.39, 0.29) is 0 Å². The molecule has 6 heteroatoms. The first-order valence-corrected chi connectivity index (χ1v) is 3.91. The van der Waals surface area contributed by atoms with Gasteiger partial charge in [-0.05, 0) is 0 Å². The summed E-state index contributed by atoms with van der Waals surface area (Å²) < 4.78 is 4.73. The lowest BCUT2D eigenvalue weighted by Crippen LogP contribution is -1.91. The van der Waals surface area contributed by atoms with Crippen molar-refractivity contribution in [3.8, 4) is 0 Å². The topological polar surface area (TPSA) is 87.1 Å². The summed E-state index contributed by atoms with van der Waals surface area (Å²) in [6.45, 7) is 0.878. The fraction of sp³-hybridized carbons (Fsp3) is 0.429. The van der Waals surface area contributed by atoms with Gasteiger partial charge in [0, 0.05) is 12.2 Å². The van der Waals surface area contributed by atoms with Crippen molar-refractivity contribution in [2.45, 2.75) is 6.10 Å². The summed E-state index contributed by atoms with van der Waals surface area (Å²) in [5.41, 5.74) is 0. The van der Waals surface area contributed by atoms with E-state index in [1.54, 1.807) is 0 Å². The molecule has 0 aromatic heterocycles. The molecule has 1 unspecified atom stereocenters. The minimum atomic E-state index is -1.26. The van der Waals surface area contributed by atoms with Crippen molar-refractivity contribution in [2.24, 2.45) is 0 Å². The van der Waals surface area contributed by atoms with Crippen molar-refractivity contribution >= 4 is 23.5 Å². The van der Waals surface area contributed by atoms with Gasteiger partial charge in [-0.25, -0.2) is 9.59 Å². The summed E-state index contributed by atoms with van der Waals surface area (Å²) in [6, 6.07) is 0. The van der Waals surface area contributed by atoms with Gasteiger partial charge >= 0.3 is 11.9 Å². The van der Waals surface area contributed by atoms with Crippen LogP contribution in [-0.4, -0.2) is 40.7 Å². The average Bonchev–Trinajstić information content (AvgIpc) is 2.84. The van der Waals surface area contributed by atoms with Gasteiger partial charge < -0.3 is 14.9 Å². The van der Waals surface area contributed by atoms with Crippen LogP contribution in [0.1, 0.15) is 0 Å². The molecule has 1 heterocycles. The Balaban J connectivity index is 0.000000243. The summed E-state index contributed by atoms with van der Waals surface area (Å²) >= 11 is 5.27. The number of epoxide rings is 1. The van der Waals surface area contributed by atoms with Gasteiger partial charge in [-0.15, -0.1) is 11.6 Å². The van der Waals surface area contributed by atoms with Crippen LogP contribution in [-0.2, 0) is 14.3 Å². The maximum Gasteiger partial charge on any atom is 0.328 e. The lowest BCUT2D eigenvalue weighted by atomic mass is 10.5. The monoisotopic (exact) mass is 208 g/mol. The Hall–Kier alpha value is -1.07. The van der Waals surface area contributed by atoms with E-state index in [9.17, 15) is 9.59 Å². The number of halogens is 1. The maximum atomic E-state index is 9.55. The molecular weight excluding hydrogens is 200 g/mol. The zero-order chi connectivity index (χ0) is 10.3. The predicted molar refractivity (Wildman–Crippen MR) is 44.9 cm³/mol. The molecule has 1 rings (SSSR count). The summed E-state index contributed by atoms with van der Waals surface area (Å²) in [6.07, 6.45) is 1.52. The first-order chi connectivity index (χ1) is 6.06. The average molecular weight is 209 g/mol. The molecule has 13 heavy (non-hydrogen) atoms. The SMILES string of the molecule is ClCC1CO1.O=C(O)/C=C\C(=O)O. The lowest BCUT2D eigenvalue weighted by Gasteiger charge is -1.74. The summed E-state index contributed by atoms with van der Waals surface area (Å²) in [4.78, 5) is 19.1. The smallest absolute Gasteiger partial charge is 0.328 e. The van der Waals surface area contributed by atoms with E-state index in [0.29, 0.717) is 24.1 Å². The van der Waals surface area contributed by atoms with Crippen LogP contribution in [0.3, 0.4) is 0 Å². The standard InChI is InChI=1S/C4H4O4.C3H5ClO/c5-3(6)1-2-4(7)8;4-1-3-2-5-3/h1-2H,(H,5,6)(H,7,8);3H,1-2H2/b2-1-;. The van der Waals surface area contributed by atoms with Crippen LogP contribution in [0.15, 0.2) is 12.2 Å². The highest BCUT2D eigenvalue weighted by Crippen LogP contribution is 2.08. The van der Waals surface area contributed by atoms with Gasteiger partial charge in [-0.3, -0.25) is 0 Å². The highest BCUT2D eigenvalue weighted by molar-refractivity contribution is 6.18. The summed E-state index contributed by atoms with van der Waals surface area (Å²) in [5, 5.41) is 15.6. The van der Waals surface area contributed by atoms with E-state index in [1.165, 1.54) is 0 Å². The zero-order valence-corrected chi connectivity index (χ0v) is 7.40. The Kier molecular flexibility index (Phi) is 5.92. The summed E-state index contributed by atoms with van der Waals surface area (Å²) in [5.74, 6) is -1.85. The van der Waals surface area contributed by atoms with Gasteiger partial charge in [0.2, 0.25) is 0 Å².